The molecule has 116 valence electrons. The van der Waals surface area contributed by atoms with E-state index in [0.29, 0.717) is 5.92 Å². The monoisotopic (exact) mass is 321 g/mol. The fraction of sp³-hybridized carbons (Fsp3) is 0.308. The molecule has 0 radical (unpaired) electrons. The van der Waals surface area contributed by atoms with Gasteiger partial charge in [0, 0.05) is 11.6 Å². The Kier molecular flexibility index (Phi) is 4.99. The van der Waals surface area contributed by atoms with Gasteiger partial charge in [-0.3, -0.25) is 15.1 Å². The molecule has 2 rings (SSSR count). The highest BCUT2D eigenvalue weighted by Gasteiger charge is 2.15. The lowest BCUT2D eigenvalue weighted by Gasteiger charge is -2.06. The zero-order valence-corrected chi connectivity index (χ0v) is 12.9. The van der Waals surface area contributed by atoms with Crippen LogP contribution in [0.1, 0.15) is 30.5 Å². The van der Waals surface area contributed by atoms with Crippen LogP contribution in [0.2, 0.25) is 0 Å². The van der Waals surface area contributed by atoms with Crippen molar-refractivity contribution in [1.82, 2.24) is 15.3 Å². The van der Waals surface area contributed by atoms with Crippen LogP contribution in [0.15, 0.2) is 23.8 Å². The highest BCUT2D eigenvalue weighted by atomic mass is 32.1. The summed E-state index contributed by atoms with van der Waals surface area (Å²) < 4.78 is 0. The number of nitrogens with one attached hydrogen (secondary N) is 2. The van der Waals surface area contributed by atoms with Crippen molar-refractivity contribution >= 4 is 28.7 Å². The number of thiazole rings is 1. The van der Waals surface area contributed by atoms with Gasteiger partial charge >= 0.3 is 11.7 Å². The van der Waals surface area contributed by atoms with E-state index in [4.69, 9.17) is 0 Å². The number of carbonyl (C=O) groups is 1. The summed E-state index contributed by atoms with van der Waals surface area (Å²) in [4.78, 5) is 30.1. The number of rotatable bonds is 5. The molecule has 2 heterocycles. The van der Waals surface area contributed by atoms with E-state index in [-0.39, 0.29) is 17.9 Å². The van der Waals surface area contributed by atoms with Crippen LogP contribution >= 0.6 is 11.3 Å². The van der Waals surface area contributed by atoms with Gasteiger partial charge in [-0.25, -0.2) is 9.78 Å². The zero-order valence-electron chi connectivity index (χ0n) is 12.1. The van der Waals surface area contributed by atoms with E-state index in [1.165, 1.54) is 23.6 Å². The van der Waals surface area contributed by atoms with Gasteiger partial charge in [0.2, 0.25) is 0 Å². The molecule has 2 aromatic rings. The van der Waals surface area contributed by atoms with E-state index in [0.717, 1.165) is 16.9 Å². The zero-order chi connectivity index (χ0) is 16.1. The summed E-state index contributed by atoms with van der Waals surface area (Å²) in [5.74, 6) is 0.332. The topological polar surface area (TPSA) is 110 Å². The number of nitro groups is 1. The minimum Gasteiger partial charge on any atom is -0.331 e. The van der Waals surface area contributed by atoms with Crippen LogP contribution in [0.25, 0.3) is 0 Å². The first-order valence-corrected chi connectivity index (χ1v) is 7.43. The Morgan fingerprint density at radius 1 is 1.50 bits per heavy atom. The molecular weight excluding hydrogens is 306 g/mol. The fourth-order valence-electron chi connectivity index (χ4n) is 1.63. The number of aromatic nitrogens is 2. The summed E-state index contributed by atoms with van der Waals surface area (Å²) in [6.45, 7) is 4.35. The molecule has 0 aliphatic rings. The highest BCUT2D eigenvalue weighted by Crippen LogP contribution is 2.21. The Balaban J connectivity index is 1.94. The second kappa shape index (κ2) is 6.94. The molecule has 0 aliphatic heterocycles. The van der Waals surface area contributed by atoms with Crippen molar-refractivity contribution < 1.29 is 9.72 Å². The molecule has 0 aromatic carbocycles. The van der Waals surface area contributed by atoms with Crippen LogP contribution in [-0.2, 0) is 6.54 Å². The first kappa shape index (κ1) is 15.8. The minimum atomic E-state index is -0.599. The van der Waals surface area contributed by atoms with Crippen LogP contribution in [-0.4, -0.2) is 20.9 Å². The van der Waals surface area contributed by atoms with E-state index in [1.54, 1.807) is 0 Å². The van der Waals surface area contributed by atoms with E-state index < -0.39 is 11.0 Å². The van der Waals surface area contributed by atoms with Crippen molar-refractivity contribution in [3.63, 3.8) is 0 Å². The molecule has 8 nitrogen and oxygen atoms in total. The molecule has 0 bridgehead atoms. The SMILES string of the molecule is CC(C)c1csc(CNC(=O)Nc2ccncc2[N+](=O)[O-])n1. The van der Waals surface area contributed by atoms with Crippen molar-refractivity contribution in [2.75, 3.05) is 5.32 Å². The van der Waals surface area contributed by atoms with Gasteiger partial charge in [-0.05, 0) is 12.0 Å². The van der Waals surface area contributed by atoms with E-state index >= 15 is 0 Å². The molecule has 2 amide bonds. The van der Waals surface area contributed by atoms with Crippen molar-refractivity contribution in [2.24, 2.45) is 0 Å². The summed E-state index contributed by atoms with van der Waals surface area (Å²) in [5.41, 5.74) is 0.820. The molecule has 0 saturated heterocycles. The fourth-order valence-corrected chi connectivity index (χ4v) is 2.53. The second-order valence-corrected chi connectivity index (χ2v) is 5.72. The molecule has 9 heteroatoms. The summed E-state index contributed by atoms with van der Waals surface area (Å²) >= 11 is 1.46. The largest absolute Gasteiger partial charge is 0.331 e. The van der Waals surface area contributed by atoms with Crippen LogP contribution in [0.4, 0.5) is 16.2 Å². The third kappa shape index (κ3) is 3.98. The van der Waals surface area contributed by atoms with Crippen molar-refractivity contribution in [3.05, 3.63) is 44.7 Å². The molecule has 0 saturated carbocycles. The van der Waals surface area contributed by atoms with Gasteiger partial charge in [0.05, 0.1) is 17.2 Å². The van der Waals surface area contributed by atoms with Gasteiger partial charge in [-0.15, -0.1) is 11.3 Å². The lowest BCUT2D eigenvalue weighted by atomic mass is 10.2. The van der Waals surface area contributed by atoms with Gasteiger partial charge in [0.15, 0.2) is 0 Å². The average molecular weight is 321 g/mol. The lowest BCUT2D eigenvalue weighted by molar-refractivity contribution is -0.384. The lowest BCUT2D eigenvalue weighted by Crippen LogP contribution is -2.28. The predicted molar refractivity (Wildman–Crippen MR) is 83.0 cm³/mol. The standard InChI is InChI=1S/C13H15N5O3S/c1-8(2)10-7-22-12(16-10)6-15-13(19)17-9-3-4-14-5-11(9)18(20)21/h3-5,7-8H,6H2,1-2H3,(H2,14,15,17,19). The Morgan fingerprint density at radius 2 is 2.27 bits per heavy atom. The van der Waals surface area contributed by atoms with Crippen molar-refractivity contribution in [1.29, 1.82) is 0 Å². The maximum atomic E-state index is 11.8. The minimum absolute atomic E-state index is 0.0968. The number of carbonyl (C=O) groups excluding carboxylic acids is 1. The average Bonchev–Trinajstić information content (AvgIpc) is 2.94. The normalized spacial score (nSPS) is 10.5. The third-order valence-corrected chi connectivity index (χ3v) is 3.67. The van der Waals surface area contributed by atoms with Crippen LogP contribution in [0.5, 0.6) is 0 Å². The van der Waals surface area contributed by atoms with E-state index in [2.05, 4.69) is 20.6 Å². The number of amides is 2. The summed E-state index contributed by atoms with van der Waals surface area (Å²) in [7, 11) is 0. The molecular formula is C13H15N5O3S. The van der Waals surface area contributed by atoms with Gasteiger partial charge in [-0.2, -0.15) is 0 Å². The van der Waals surface area contributed by atoms with E-state index in [9.17, 15) is 14.9 Å². The number of hydrogen-bond donors (Lipinski definition) is 2. The van der Waals surface area contributed by atoms with Gasteiger partial charge in [0.25, 0.3) is 0 Å². The quantitative estimate of drug-likeness (QED) is 0.650. The van der Waals surface area contributed by atoms with Crippen LogP contribution in [0, 0.1) is 10.1 Å². The number of hydrogen-bond acceptors (Lipinski definition) is 6. The molecule has 22 heavy (non-hydrogen) atoms. The summed E-state index contributed by atoms with van der Waals surface area (Å²) in [6, 6.07) is 0.841. The Hall–Kier alpha value is -2.55. The Bertz CT molecular complexity index is 686. The number of anilines is 1. The highest BCUT2D eigenvalue weighted by molar-refractivity contribution is 7.09. The molecule has 0 unspecified atom stereocenters. The van der Waals surface area contributed by atoms with E-state index in [1.807, 2.05) is 19.2 Å². The molecule has 0 spiro atoms. The number of pyridine rings is 1. The maximum Gasteiger partial charge on any atom is 0.319 e. The van der Waals surface area contributed by atoms with Gasteiger partial charge < -0.3 is 10.6 Å². The number of urea groups is 1. The molecule has 2 aromatic heterocycles. The maximum absolute atomic E-state index is 11.8. The number of nitrogens with zero attached hydrogens (tertiary/aromatic N) is 3. The van der Waals surface area contributed by atoms with Crippen LogP contribution in [0.3, 0.4) is 0 Å². The third-order valence-electron chi connectivity index (χ3n) is 2.81. The second-order valence-electron chi connectivity index (χ2n) is 4.78. The predicted octanol–water partition coefficient (Wildman–Crippen LogP) is 2.89. The van der Waals surface area contributed by atoms with Gasteiger partial charge in [0.1, 0.15) is 16.9 Å². The molecule has 2 N–H and O–H groups in total. The molecule has 0 fully saturated rings. The first-order chi connectivity index (χ1) is 10.5. The molecule has 0 aliphatic carbocycles. The Labute approximate surface area is 130 Å². The van der Waals surface area contributed by atoms with Crippen molar-refractivity contribution in [3.8, 4) is 0 Å². The summed E-state index contributed by atoms with van der Waals surface area (Å²) in [6.07, 6.45) is 2.46. The molecule has 0 atom stereocenters. The Morgan fingerprint density at radius 3 is 2.91 bits per heavy atom. The van der Waals surface area contributed by atoms with Crippen molar-refractivity contribution in [2.45, 2.75) is 26.3 Å². The van der Waals surface area contributed by atoms with Gasteiger partial charge in [-0.1, -0.05) is 13.8 Å². The smallest absolute Gasteiger partial charge is 0.319 e. The first-order valence-electron chi connectivity index (χ1n) is 6.55. The van der Waals surface area contributed by atoms with Crippen LogP contribution < -0.4 is 10.6 Å². The summed E-state index contributed by atoms with van der Waals surface area (Å²) in [5, 5.41) is 18.6.